The molecular formula is C26H37FN4O4S. The molecule has 1 atom stereocenters. The molecule has 8 nitrogen and oxygen atoms in total. The molecule has 0 saturated carbocycles. The number of hydrogen-bond acceptors (Lipinski definition) is 4. The van der Waals surface area contributed by atoms with Gasteiger partial charge in [0.2, 0.25) is 11.8 Å². The van der Waals surface area contributed by atoms with Crippen molar-refractivity contribution in [2.24, 2.45) is 0 Å². The average Bonchev–Trinajstić information content (AvgIpc) is 2.84. The molecule has 1 N–H and O–H groups in total. The standard InChI is InChI=1S/C26H37FN4O4S/c1-6-8-17-28-26(33)24(7-2)30(18-21-12-10-9-11-20(21)3)25(32)19-31(36(34,35)29(4)5)23-15-13-22(27)14-16-23/h9-16,24H,6-8,17-19H2,1-5H3,(H,28,33)/t24-/m1/s1. The van der Waals surface area contributed by atoms with Gasteiger partial charge in [0.25, 0.3) is 0 Å². The maximum atomic E-state index is 13.8. The van der Waals surface area contributed by atoms with Gasteiger partial charge in [-0.3, -0.25) is 9.59 Å². The molecule has 0 aliphatic heterocycles. The fourth-order valence-electron chi connectivity index (χ4n) is 3.72. The average molecular weight is 521 g/mol. The SMILES string of the molecule is CCCCNC(=O)[C@@H](CC)N(Cc1ccccc1C)C(=O)CN(c1ccc(F)cc1)S(=O)(=O)N(C)C. The minimum Gasteiger partial charge on any atom is -0.354 e. The first kappa shape index (κ1) is 29.3. The molecule has 2 aromatic carbocycles. The Morgan fingerprint density at radius 3 is 2.22 bits per heavy atom. The van der Waals surface area contributed by atoms with Crippen LogP contribution in [0.15, 0.2) is 48.5 Å². The fraction of sp³-hybridized carbons (Fsp3) is 0.462. The second kappa shape index (κ2) is 13.4. The first-order valence-corrected chi connectivity index (χ1v) is 13.5. The highest BCUT2D eigenvalue weighted by Gasteiger charge is 2.33. The number of amides is 2. The molecule has 2 rings (SSSR count). The normalized spacial score (nSPS) is 12.3. The van der Waals surface area contributed by atoms with Crippen LogP contribution in [0.4, 0.5) is 10.1 Å². The highest BCUT2D eigenvalue weighted by atomic mass is 32.2. The summed E-state index contributed by atoms with van der Waals surface area (Å²) >= 11 is 0. The number of nitrogens with one attached hydrogen (secondary N) is 1. The number of carbonyl (C=O) groups excluding carboxylic acids is 2. The lowest BCUT2D eigenvalue weighted by Gasteiger charge is -2.34. The van der Waals surface area contributed by atoms with Gasteiger partial charge in [-0.2, -0.15) is 12.7 Å². The van der Waals surface area contributed by atoms with E-state index >= 15 is 0 Å². The molecule has 2 aromatic rings. The van der Waals surface area contributed by atoms with E-state index in [4.69, 9.17) is 0 Å². The summed E-state index contributed by atoms with van der Waals surface area (Å²) < 4.78 is 41.8. The molecule has 0 heterocycles. The van der Waals surface area contributed by atoms with Gasteiger partial charge in [0.05, 0.1) is 5.69 Å². The molecule has 0 aliphatic carbocycles. The zero-order valence-corrected chi connectivity index (χ0v) is 22.5. The van der Waals surface area contributed by atoms with Crippen molar-refractivity contribution < 1.29 is 22.4 Å². The minimum atomic E-state index is -4.09. The van der Waals surface area contributed by atoms with E-state index in [2.05, 4.69) is 5.32 Å². The molecule has 0 aliphatic rings. The van der Waals surface area contributed by atoms with Crippen molar-refractivity contribution in [1.82, 2.24) is 14.5 Å². The Kier molecular flexibility index (Phi) is 10.9. The Balaban J connectivity index is 2.47. The van der Waals surface area contributed by atoms with Gasteiger partial charge in [-0.25, -0.2) is 8.70 Å². The predicted octanol–water partition coefficient (Wildman–Crippen LogP) is 3.47. The number of carbonyl (C=O) groups is 2. The van der Waals surface area contributed by atoms with Gasteiger partial charge in [0.15, 0.2) is 0 Å². The molecule has 0 bridgehead atoms. The van der Waals surface area contributed by atoms with Crippen molar-refractivity contribution in [2.75, 3.05) is 31.5 Å². The van der Waals surface area contributed by atoms with Gasteiger partial charge in [-0.15, -0.1) is 0 Å². The fourth-order valence-corrected chi connectivity index (χ4v) is 4.78. The second-order valence-corrected chi connectivity index (χ2v) is 10.9. The van der Waals surface area contributed by atoms with Crippen LogP contribution in [0.3, 0.4) is 0 Å². The van der Waals surface area contributed by atoms with E-state index < -0.39 is 34.5 Å². The van der Waals surface area contributed by atoms with E-state index in [1.165, 1.54) is 31.1 Å². The molecule has 10 heteroatoms. The number of halogens is 1. The maximum absolute atomic E-state index is 13.8. The monoisotopic (exact) mass is 520 g/mol. The number of benzene rings is 2. The Morgan fingerprint density at radius 1 is 1.03 bits per heavy atom. The summed E-state index contributed by atoms with van der Waals surface area (Å²) in [6, 6.07) is 11.7. The van der Waals surface area contributed by atoms with Crippen molar-refractivity contribution in [2.45, 2.75) is 52.6 Å². The Hall–Kier alpha value is -2.98. The molecule has 0 aromatic heterocycles. The number of nitrogens with zero attached hydrogens (tertiary/aromatic N) is 3. The largest absolute Gasteiger partial charge is 0.354 e. The quantitative estimate of drug-likeness (QED) is 0.410. The minimum absolute atomic E-state index is 0.143. The summed E-state index contributed by atoms with van der Waals surface area (Å²) in [4.78, 5) is 28.3. The van der Waals surface area contributed by atoms with Crippen LogP contribution in [-0.2, 0) is 26.3 Å². The highest BCUT2D eigenvalue weighted by molar-refractivity contribution is 7.90. The third kappa shape index (κ3) is 7.51. The van der Waals surface area contributed by atoms with Crippen molar-refractivity contribution in [3.8, 4) is 0 Å². The predicted molar refractivity (Wildman–Crippen MR) is 140 cm³/mol. The molecule has 0 spiro atoms. The molecule has 36 heavy (non-hydrogen) atoms. The lowest BCUT2D eigenvalue weighted by Crippen LogP contribution is -2.53. The number of aryl methyl sites for hydroxylation is 1. The zero-order valence-electron chi connectivity index (χ0n) is 21.7. The lowest BCUT2D eigenvalue weighted by atomic mass is 10.1. The van der Waals surface area contributed by atoms with Crippen molar-refractivity contribution >= 4 is 27.7 Å². The van der Waals surface area contributed by atoms with E-state index in [0.717, 1.165) is 44.7 Å². The van der Waals surface area contributed by atoms with E-state index in [1.54, 1.807) is 0 Å². The van der Waals surface area contributed by atoms with Gasteiger partial charge in [0, 0.05) is 27.2 Å². The highest BCUT2D eigenvalue weighted by Crippen LogP contribution is 2.22. The van der Waals surface area contributed by atoms with Crippen LogP contribution >= 0.6 is 0 Å². The van der Waals surface area contributed by atoms with Crippen LogP contribution in [0.5, 0.6) is 0 Å². The first-order chi connectivity index (χ1) is 17.0. The molecular weight excluding hydrogens is 483 g/mol. The van der Waals surface area contributed by atoms with Crippen molar-refractivity contribution in [3.63, 3.8) is 0 Å². The molecule has 0 fully saturated rings. The van der Waals surface area contributed by atoms with E-state index in [0.29, 0.717) is 13.0 Å². The van der Waals surface area contributed by atoms with Crippen LogP contribution in [0.2, 0.25) is 0 Å². The summed E-state index contributed by atoms with van der Waals surface area (Å²) in [5, 5.41) is 2.90. The Bertz CT molecular complexity index is 1120. The van der Waals surface area contributed by atoms with Gasteiger partial charge in [-0.1, -0.05) is 44.5 Å². The topological polar surface area (TPSA) is 90.0 Å². The number of anilines is 1. The molecule has 0 radical (unpaired) electrons. The third-order valence-electron chi connectivity index (χ3n) is 5.95. The molecule has 0 unspecified atom stereocenters. The molecule has 0 saturated heterocycles. The molecule has 198 valence electrons. The summed E-state index contributed by atoms with van der Waals surface area (Å²) in [6.45, 7) is 5.85. The smallest absolute Gasteiger partial charge is 0.304 e. The number of unbranched alkanes of at least 4 members (excludes halogenated alkanes) is 1. The van der Waals surface area contributed by atoms with E-state index in [1.807, 2.05) is 45.0 Å². The lowest BCUT2D eigenvalue weighted by molar-refractivity contribution is -0.140. The van der Waals surface area contributed by atoms with Crippen LogP contribution in [0, 0.1) is 12.7 Å². The van der Waals surface area contributed by atoms with E-state index in [-0.39, 0.29) is 18.1 Å². The maximum Gasteiger partial charge on any atom is 0.304 e. The van der Waals surface area contributed by atoms with Crippen LogP contribution < -0.4 is 9.62 Å². The van der Waals surface area contributed by atoms with Crippen LogP contribution in [-0.4, -0.2) is 62.7 Å². The summed E-state index contributed by atoms with van der Waals surface area (Å²) in [5.41, 5.74) is 1.96. The van der Waals surface area contributed by atoms with Crippen molar-refractivity contribution in [1.29, 1.82) is 0 Å². The summed E-state index contributed by atoms with van der Waals surface area (Å²) in [6.07, 6.45) is 2.08. The number of hydrogen-bond donors (Lipinski definition) is 1. The van der Waals surface area contributed by atoms with Gasteiger partial charge in [-0.05, 0) is 55.2 Å². The second-order valence-electron chi connectivity index (χ2n) is 8.79. The van der Waals surface area contributed by atoms with Crippen LogP contribution in [0.1, 0.15) is 44.2 Å². The first-order valence-electron chi connectivity index (χ1n) is 12.1. The van der Waals surface area contributed by atoms with Crippen LogP contribution in [0.25, 0.3) is 0 Å². The zero-order chi connectivity index (χ0) is 26.9. The third-order valence-corrected chi connectivity index (χ3v) is 7.77. The van der Waals surface area contributed by atoms with E-state index in [9.17, 15) is 22.4 Å². The number of rotatable bonds is 13. The summed E-state index contributed by atoms with van der Waals surface area (Å²) in [5.74, 6) is -1.34. The van der Waals surface area contributed by atoms with Gasteiger partial charge < -0.3 is 10.2 Å². The molecule has 2 amide bonds. The van der Waals surface area contributed by atoms with Gasteiger partial charge >= 0.3 is 10.2 Å². The Labute approximate surface area is 214 Å². The van der Waals surface area contributed by atoms with Gasteiger partial charge in [0.1, 0.15) is 18.4 Å². The summed E-state index contributed by atoms with van der Waals surface area (Å²) in [7, 11) is -1.37. The Morgan fingerprint density at radius 2 is 1.67 bits per heavy atom. The van der Waals surface area contributed by atoms with Crippen molar-refractivity contribution in [3.05, 3.63) is 65.5 Å².